The highest BCUT2D eigenvalue weighted by Crippen LogP contribution is 2.18. The fraction of sp³-hybridized carbons (Fsp3) is 0.182. The van der Waals surface area contributed by atoms with E-state index in [1.807, 2.05) is 6.92 Å². The fourth-order valence-electron chi connectivity index (χ4n) is 1.26. The van der Waals surface area contributed by atoms with Crippen molar-refractivity contribution in [3.63, 3.8) is 0 Å². The van der Waals surface area contributed by atoms with Gasteiger partial charge >= 0.3 is 0 Å². The predicted octanol–water partition coefficient (Wildman–Crippen LogP) is 2.09. The molecule has 5 heteroatoms. The third kappa shape index (κ3) is 2.09. The maximum absolute atomic E-state index is 12.0. The molecule has 0 aliphatic heterocycles. The lowest BCUT2D eigenvalue weighted by atomic mass is 10.2. The summed E-state index contributed by atoms with van der Waals surface area (Å²) in [7, 11) is 1.54. The molecule has 4 nitrogen and oxygen atoms in total. The normalized spacial score (nSPS) is 10.1. The molecule has 82 valence electrons. The van der Waals surface area contributed by atoms with Crippen molar-refractivity contribution in [3.05, 3.63) is 40.1 Å². The van der Waals surface area contributed by atoms with Crippen LogP contribution in [0, 0.1) is 6.92 Å². The van der Waals surface area contributed by atoms with Crippen LogP contribution in [0.25, 0.3) is 0 Å². The van der Waals surface area contributed by atoms with Gasteiger partial charge in [0.05, 0.1) is 23.2 Å². The predicted molar refractivity (Wildman–Crippen MR) is 61.1 cm³/mol. The third-order valence-electron chi connectivity index (χ3n) is 2.06. The first-order valence-corrected chi connectivity index (χ1v) is 5.48. The Morgan fingerprint density at radius 3 is 2.81 bits per heavy atom. The molecule has 2 rings (SSSR count). The molecule has 2 aromatic rings. The number of thiazole rings is 1. The molecule has 16 heavy (non-hydrogen) atoms. The summed E-state index contributed by atoms with van der Waals surface area (Å²) in [6.45, 7) is 1.87. The molecular formula is C11H10N2O2S. The van der Waals surface area contributed by atoms with Gasteiger partial charge in [-0.05, 0) is 13.0 Å². The van der Waals surface area contributed by atoms with Crippen molar-refractivity contribution >= 4 is 17.1 Å². The second-order valence-corrected chi connectivity index (χ2v) is 4.42. The van der Waals surface area contributed by atoms with Gasteiger partial charge in [-0.15, -0.1) is 11.3 Å². The molecule has 0 saturated heterocycles. The molecule has 0 fully saturated rings. The van der Waals surface area contributed by atoms with Crippen LogP contribution in [-0.4, -0.2) is 22.9 Å². The number of carbonyl (C=O) groups is 1. The van der Waals surface area contributed by atoms with E-state index in [0.29, 0.717) is 16.2 Å². The van der Waals surface area contributed by atoms with Crippen molar-refractivity contribution in [2.45, 2.75) is 6.92 Å². The average molecular weight is 234 g/mol. The highest BCUT2D eigenvalue weighted by molar-refractivity contribution is 7.13. The highest BCUT2D eigenvalue weighted by Gasteiger charge is 2.12. The number of ketones is 1. The molecule has 0 radical (unpaired) electrons. The van der Waals surface area contributed by atoms with Crippen LogP contribution in [0.15, 0.2) is 24.7 Å². The maximum Gasteiger partial charge on any atom is 0.206 e. The Labute approximate surface area is 96.9 Å². The van der Waals surface area contributed by atoms with Crippen molar-refractivity contribution in [2.75, 3.05) is 7.11 Å². The molecule has 0 saturated carbocycles. The SMILES string of the molecule is COc1cncc(C(=O)c2cnc(C)s2)c1. The number of pyridine rings is 1. The average Bonchev–Trinajstić information content (AvgIpc) is 2.75. The summed E-state index contributed by atoms with van der Waals surface area (Å²) in [5, 5.41) is 0.874. The van der Waals surface area contributed by atoms with Crippen LogP contribution in [0.5, 0.6) is 5.75 Å². The largest absolute Gasteiger partial charge is 0.495 e. The van der Waals surface area contributed by atoms with Gasteiger partial charge in [0.2, 0.25) is 5.78 Å². The summed E-state index contributed by atoms with van der Waals surface area (Å²) in [6, 6.07) is 1.67. The van der Waals surface area contributed by atoms with Crippen LogP contribution in [0.4, 0.5) is 0 Å². The summed E-state index contributed by atoms with van der Waals surface area (Å²) in [5.74, 6) is 0.504. The minimum absolute atomic E-state index is 0.0722. The van der Waals surface area contributed by atoms with Crippen molar-refractivity contribution in [1.82, 2.24) is 9.97 Å². The van der Waals surface area contributed by atoms with Crippen molar-refractivity contribution < 1.29 is 9.53 Å². The lowest BCUT2D eigenvalue weighted by molar-refractivity contribution is 0.104. The standard InChI is InChI=1S/C11H10N2O2S/c1-7-13-6-10(16-7)11(14)8-3-9(15-2)5-12-4-8/h3-6H,1-2H3. The van der Waals surface area contributed by atoms with Gasteiger partial charge in [-0.1, -0.05) is 0 Å². The highest BCUT2D eigenvalue weighted by atomic mass is 32.1. The van der Waals surface area contributed by atoms with E-state index in [9.17, 15) is 4.79 Å². The van der Waals surface area contributed by atoms with Crippen molar-refractivity contribution in [1.29, 1.82) is 0 Å². The molecular weight excluding hydrogens is 224 g/mol. The first kappa shape index (κ1) is 10.8. The van der Waals surface area contributed by atoms with Crippen LogP contribution in [0.1, 0.15) is 20.2 Å². The van der Waals surface area contributed by atoms with E-state index in [1.165, 1.54) is 17.5 Å². The fourth-order valence-corrected chi connectivity index (χ4v) is 2.00. The number of rotatable bonds is 3. The van der Waals surface area contributed by atoms with Gasteiger partial charge in [-0.3, -0.25) is 9.78 Å². The van der Waals surface area contributed by atoms with E-state index < -0.39 is 0 Å². The van der Waals surface area contributed by atoms with E-state index in [0.717, 1.165) is 5.01 Å². The van der Waals surface area contributed by atoms with Gasteiger partial charge in [-0.25, -0.2) is 4.98 Å². The molecule has 0 amide bonds. The number of carbonyl (C=O) groups excluding carboxylic acids is 1. The lowest BCUT2D eigenvalue weighted by Crippen LogP contribution is -1.99. The summed E-state index contributed by atoms with van der Waals surface area (Å²) in [4.78, 5) is 20.6. The zero-order valence-electron chi connectivity index (χ0n) is 8.93. The number of hydrogen-bond acceptors (Lipinski definition) is 5. The van der Waals surface area contributed by atoms with Crippen LogP contribution >= 0.6 is 11.3 Å². The molecule has 2 aromatic heterocycles. The van der Waals surface area contributed by atoms with Crippen LogP contribution in [-0.2, 0) is 0 Å². The van der Waals surface area contributed by atoms with Gasteiger partial charge in [-0.2, -0.15) is 0 Å². The Balaban J connectivity index is 2.33. The van der Waals surface area contributed by atoms with Crippen LogP contribution in [0.3, 0.4) is 0 Å². The Morgan fingerprint density at radius 1 is 1.38 bits per heavy atom. The van der Waals surface area contributed by atoms with Crippen LogP contribution < -0.4 is 4.74 Å². The van der Waals surface area contributed by atoms with E-state index in [-0.39, 0.29) is 5.78 Å². The first-order valence-electron chi connectivity index (χ1n) is 4.67. The second-order valence-electron chi connectivity index (χ2n) is 3.19. The van der Waals surface area contributed by atoms with E-state index in [4.69, 9.17) is 4.74 Å². The number of aromatic nitrogens is 2. The zero-order valence-corrected chi connectivity index (χ0v) is 9.75. The molecule has 0 bridgehead atoms. The van der Waals surface area contributed by atoms with E-state index in [1.54, 1.807) is 25.6 Å². The maximum atomic E-state index is 12.0. The second kappa shape index (κ2) is 4.40. The summed E-state index contributed by atoms with van der Waals surface area (Å²) in [6.07, 6.45) is 4.68. The number of methoxy groups -OCH3 is 1. The molecule has 0 aromatic carbocycles. The minimum atomic E-state index is -0.0722. The summed E-state index contributed by atoms with van der Waals surface area (Å²) < 4.78 is 5.02. The minimum Gasteiger partial charge on any atom is -0.495 e. The summed E-state index contributed by atoms with van der Waals surface area (Å²) >= 11 is 1.37. The summed E-state index contributed by atoms with van der Waals surface area (Å²) in [5.41, 5.74) is 0.517. The number of ether oxygens (including phenoxy) is 1. The topological polar surface area (TPSA) is 52.1 Å². The Bertz CT molecular complexity index is 522. The zero-order chi connectivity index (χ0) is 11.5. The van der Waals surface area contributed by atoms with Gasteiger partial charge in [0, 0.05) is 18.0 Å². The number of hydrogen-bond donors (Lipinski definition) is 0. The molecule has 0 N–H and O–H groups in total. The van der Waals surface area contributed by atoms with Crippen molar-refractivity contribution in [2.24, 2.45) is 0 Å². The molecule has 0 atom stereocenters. The smallest absolute Gasteiger partial charge is 0.206 e. The lowest BCUT2D eigenvalue weighted by Gasteiger charge is -2.00. The molecule has 2 heterocycles. The van der Waals surface area contributed by atoms with Gasteiger partial charge in [0.15, 0.2) is 0 Å². The van der Waals surface area contributed by atoms with Crippen LogP contribution in [0.2, 0.25) is 0 Å². The van der Waals surface area contributed by atoms with Gasteiger partial charge in [0.25, 0.3) is 0 Å². The van der Waals surface area contributed by atoms with Gasteiger partial charge < -0.3 is 4.74 Å². The van der Waals surface area contributed by atoms with E-state index >= 15 is 0 Å². The molecule has 0 unspecified atom stereocenters. The molecule has 0 aliphatic carbocycles. The van der Waals surface area contributed by atoms with Gasteiger partial charge in [0.1, 0.15) is 5.75 Å². The monoisotopic (exact) mass is 234 g/mol. The first-order chi connectivity index (χ1) is 7.70. The molecule has 0 aliphatic rings. The Kier molecular flexibility index (Phi) is 2.96. The number of nitrogens with zero attached hydrogens (tertiary/aromatic N) is 2. The van der Waals surface area contributed by atoms with Crippen molar-refractivity contribution in [3.8, 4) is 5.75 Å². The quantitative estimate of drug-likeness (QED) is 0.763. The van der Waals surface area contributed by atoms with E-state index in [2.05, 4.69) is 9.97 Å². The Morgan fingerprint density at radius 2 is 2.19 bits per heavy atom. The molecule has 0 spiro atoms. The third-order valence-corrected chi connectivity index (χ3v) is 2.97. The number of aryl methyl sites for hydroxylation is 1. The Hall–Kier alpha value is -1.75.